The van der Waals surface area contributed by atoms with Gasteiger partial charge in [-0.3, -0.25) is 4.79 Å². The SMILES string of the molecule is CCCCCC=CCC=CCC=CCC=CCCCC(=O)OC/C=C(\C)CCC[C@H](C)CCC[C@H](C)CCCC(C)C. The molecule has 0 spiro atoms. The van der Waals surface area contributed by atoms with E-state index in [1.807, 2.05) is 0 Å². The van der Waals surface area contributed by atoms with Gasteiger partial charge in [0.1, 0.15) is 6.61 Å². The maximum atomic E-state index is 12.0. The van der Waals surface area contributed by atoms with Crippen LogP contribution in [0.1, 0.15) is 164 Å². The molecule has 0 aromatic rings. The van der Waals surface area contributed by atoms with Gasteiger partial charge in [-0.2, -0.15) is 0 Å². The van der Waals surface area contributed by atoms with E-state index in [4.69, 9.17) is 4.74 Å². The maximum absolute atomic E-state index is 12.0. The summed E-state index contributed by atoms with van der Waals surface area (Å²) >= 11 is 0. The Morgan fingerprint density at radius 1 is 0.595 bits per heavy atom. The average molecular weight is 583 g/mol. The number of carbonyl (C=O) groups is 1. The lowest BCUT2D eigenvalue weighted by molar-refractivity contribution is -0.142. The fourth-order valence-electron chi connectivity index (χ4n) is 5.08. The van der Waals surface area contributed by atoms with Crippen molar-refractivity contribution in [1.82, 2.24) is 0 Å². The van der Waals surface area contributed by atoms with Crippen LogP contribution in [0.25, 0.3) is 0 Å². The molecular formula is C40H70O2. The second-order valence-corrected chi connectivity index (χ2v) is 13.1. The van der Waals surface area contributed by atoms with Crippen LogP contribution in [0.3, 0.4) is 0 Å². The molecule has 0 amide bonds. The minimum Gasteiger partial charge on any atom is -0.461 e. The Hall–Kier alpha value is -1.83. The third-order valence-corrected chi connectivity index (χ3v) is 8.03. The smallest absolute Gasteiger partial charge is 0.306 e. The zero-order valence-electron chi connectivity index (χ0n) is 28.9. The molecule has 0 fully saturated rings. The van der Waals surface area contributed by atoms with E-state index in [0.29, 0.717) is 13.0 Å². The van der Waals surface area contributed by atoms with Crippen molar-refractivity contribution < 1.29 is 9.53 Å². The molecule has 0 aromatic carbocycles. The molecule has 0 unspecified atom stereocenters. The number of carbonyl (C=O) groups excluding carboxylic acids is 1. The first-order chi connectivity index (χ1) is 20.3. The van der Waals surface area contributed by atoms with Crippen LogP contribution in [0, 0.1) is 17.8 Å². The van der Waals surface area contributed by atoms with Gasteiger partial charge in [0, 0.05) is 6.42 Å². The number of hydrogen-bond acceptors (Lipinski definition) is 2. The summed E-state index contributed by atoms with van der Waals surface area (Å²) < 4.78 is 5.42. The van der Waals surface area contributed by atoms with Crippen LogP contribution in [-0.2, 0) is 9.53 Å². The molecule has 2 heteroatoms. The number of unbranched alkanes of at least 4 members (excludes halogenated alkanes) is 4. The molecule has 242 valence electrons. The molecule has 0 bridgehead atoms. The number of ether oxygens (including phenoxy) is 1. The third kappa shape index (κ3) is 31.1. The molecule has 0 saturated carbocycles. The Bertz CT molecular complexity index is 752. The van der Waals surface area contributed by atoms with Crippen LogP contribution >= 0.6 is 0 Å². The minimum absolute atomic E-state index is 0.0815. The molecule has 0 radical (unpaired) electrons. The summed E-state index contributed by atoms with van der Waals surface area (Å²) in [7, 11) is 0. The molecule has 2 nitrogen and oxygen atoms in total. The molecule has 42 heavy (non-hydrogen) atoms. The fraction of sp³-hybridized carbons (Fsp3) is 0.725. The van der Waals surface area contributed by atoms with Crippen LogP contribution in [0.5, 0.6) is 0 Å². The van der Waals surface area contributed by atoms with Crippen molar-refractivity contribution in [3.8, 4) is 0 Å². The summed E-state index contributed by atoms with van der Waals surface area (Å²) in [6, 6.07) is 0. The zero-order valence-corrected chi connectivity index (χ0v) is 28.9. The van der Waals surface area contributed by atoms with Crippen molar-refractivity contribution in [3.05, 3.63) is 60.3 Å². The number of allylic oxidation sites excluding steroid dienone is 9. The minimum atomic E-state index is -0.0815. The summed E-state index contributed by atoms with van der Waals surface area (Å²) in [6.45, 7) is 14.3. The van der Waals surface area contributed by atoms with Crippen molar-refractivity contribution in [3.63, 3.8) is 0 Å². The molecule has 0 rings (SSSR count). The standard InChI is InChI=1S/C40H70O2/c1-7-8-9-10-11-12-13-14-15-16-17-18-19-20-21-22-23-33-40(41)42-35-34-39(6)32-26-31-38(5)30-25-29-37(4)28-24-27-36(2)3/h11-12,14-15,17-18,20-21,34,36-38H,7-10,13,16,19,22-33,35H2,1-6H3/b12-11?,15-14?,18-17?,21-20?,39-34+/t37-,38-/m1/s1. The molecule has 0 heterocycles. The lowest BCUT2D eigenvalue weighted by Crippen LogP contribution is -2.04. The van der Waals surface area contributed by atoms with Crippen molar-refractivity contribution in [2.75, 3.05) is 6.61 Å². The van der Waals surface area contributed by atoms with Gasteiger partial charge in [0.05, 0.1) is 0 Å². The molecule has 0 saturated heterocycles. The maximum Gasteiger partial charge on any atom is 0.306 e. The first-order valence-electron chi connectivity index (χ1n) is 17.8. The van der Waals surface area contributed by atoms with E-state index in [1.165, 1.54) is 82.6 Å². The van der Waals surface area contributed by atoms with E-state index < -0.39 is 0 Å². The van der Waals surface area contributed by atoms with Gasteiger partial charge in [0.15, 0.2) is 0 Å². The quantitative estimate of drug-likeness (QED) is 0.0521. The Morgan fingerprint density at radius 3 is 1.64 bits per heavy atom. The predicted octanol–water partition coefficient (Wildman–Crippen LogP) is 13.1. The highest BCUT2D eigenvalue weighted by Gasteiger charge is 2.07. The molecule has 0 aromatic heterocycles. The lowest BCUT2D eigenvalue weighted by Gasteiger charge is -2.15. The number of esters is 1. The summed E-state index contributed by atoms with van der Waals surface area (Å²) in [4.78, 5) is 12.0. The van der Waals surface area contributed by atoms with Crippen LogP contribution in [0.15, 0.2) is 60.3 Å². The summed E-state index contributed by atoms with van der Waals surface area (Å²) in [6.07, 6.45) is 42.3. The second-order valence-electron chi connectivity index (χ2n) is 13.1. The van der Waals surface area contributed by atoms with Crippen molar-refractivity contribution in [2.24, 2.45) is 17.8 Å². The van der Waals surface area contributed by atoms with Gasteiger partial charge >= 0.3 is 5.97 Å². The van der Waals surface area contributed by atoms with Gasteiger partial charge < -0.3 is 4.74 Å². The average Bonchev–Trinajstić information content (AvgIpc) is 2.94. The topological polar surface area (TPSA) is 26.3 Å². The first-order valence-corrected chi connectivity index (χ1v) is 17.8. The Morgan fingerprint density at radius 2 is 1.10 bits per heavy atom. The van der Waals surface area contributed by atoms with Gasteiger partial charge in [-0.15, -0.1) is 0 Å². The Labute approximate surface area is 263 Å². The molecular weight excluding hydrogens is 512 g/mol. The molecule has 0 aliphatic carbocycles. The van der Waals surface area contributed by atoms with E-state index in [-0.39, 0.29) is 5.97 Å². The van der Waals surface area contributed by atoms with Crippen LogP contribution in [0.2, 0.25) is 0 Å². The summed E-state index contributed by atoms with van der Waals surface area (Å²) in [5.41, 5.74) is 1.34. The molecule has 0 aliphatic heterocycles. The highest BCUT2D eigenvalue weighted by Crippen LogP contribution is 2.22. The number of hydrogen-bond donors (Lipinski definition) is 0. The number of rotatable bonds is 28. The Balaban J connectivity index is 3.71. The largest absolute Gasteiger partial charge is 0.461 e. The first kappa shape index (κ1) is 40.2. The van der Waals surface area contributed by atoms with Crippen LogP contribution < -0.4 is 0 Å². The highest BCUT2D eigenvalue weighted by molar-refractivity contribution is 5.69. The van der Waals surface area contributed by atoms with Gasteiger partial charge in [0.25, 0.3) is 0 Å². The summed E-state index contributed by atoms with van der Waals surface area (Å²) in [5.74, 6) is 2.45. The van der Waals surface area contributed by atoms with E-state index in [1.54, 1.807) is 0 Å². The van der Waals surface area contributed by atoms with Gasteiger partial charge in [-0.1, -0.05) is 147 Å². The summed E-state index contributed by atoms with van der Waals surface area (Å²) in [5, 5.41) is 0. The van der Waals surface area contributed by atoms with E-state index >= 15 is 0 Å². The molecule has 0 aliphatic rings. The highest BCUT2D eigenvalue weighted by atomic mass is 16.5. The van der Waals surface area contributed by atoms with Gasteiger partial charge in [0.2, 0.25) is 0 Å². The van der Waals surface area contributed by atoms with E-state index in [9.17, 15) is 4.79 Å². The van der Waals surface area contributed by atoms with Crippen molar-refractivity contribution >= 4 is 5.97 Å². The molecule has 2 atom stereocenters. The lowest BCUT2D eigenvalue weighted by atomic mass is 9.91. The fourth-order valence-corrected chi connectivity index (χ4v) is 5.08. The third-order valence-electron chi connectivity index (χ3n) is 8.03. The molecule has 0 N–H and O–H groups in total. The van der Waals surface area contributed by atoms with Crippen molar-refractivity contribution in [2.45, 2.75) is 164 Å². The van der Waals surface area contributed by atoms with E-state index in [2.05, 4.69) is 96.2 Å². The Kier molecular flexibility index (Phi) is 29.3. The predicted molar refractivity (Wildman–Crippen MR) is 188 cm³/mol. The van der Waals surface area contributed by atoms with Gasteiger partial charge in [-0.05, 0) is 88.5 Å². The van der Waals surface area contributed by atoms with Gasteiger partial charge in [-0.25, -0.2) is 0 Å². The van der Waals surface area contributed by atoms with E-state index in [0.717, 1.165) is 56.3 Å². The zero-order chi connectivity index (χ0) is 31.1. The monoisotopic (exact) mass is 583 g/mol. The van der Waals surface area contributed by atoms with Crippen molar-refractivity contribution in [1.29, 1.82) is 0 Å². The normalized spacial score (nSPS) is 14.3. The van der Waals surface area contributed by atoms with Crippen LogP contribution in [0.4, 0.5) is 0 Å². The second kappa shape index (κ2) is 30.6. The van der Waals surface area contributed by atoms with Crippen LogP contribution in [-0.4, -0.2) is 12.6 Å².